The van der Waals surface area contributed by atoms with Gasteiger partial charge in [-0.3, -0.25) is 4.79 Å². The molecule has 0 fully saturated rings. The SMILES string of the molecule is Cc1ccc(F)cc1NC(=O)CN(Cc1ccccc1)S(=O)(=O)c1ccc(F)cc1. The summed E-state index contributed by atoms with van der Waals surface area (Å²) in [6.07, 6.45) is 0. The summed E-state index contributed by atoms with van der Waals surface area (Å²) in [6.45, 7) is 1.15. The number of aryl methyl sites for hydroxylation is 1. The van der Waals surface area contributed by atoms with Gasteiger partial charge in [-0.15, -0.1) is 0 Å². The number of nitrogens with zero attached hydrogens (tertiary/aromatic N) is 1. The first-order valence-electron chi connectivity index (χ1n) is 9.11. The Balaban J connectivity index is 1.88. The monoisotopic (exact) mass is 430 g/mol. The van der Waals surface area contributed by atoms with Gasteiger partial charge in [0.15, 0.2) is 0 Å². The highest BCUT2D eigenvalue weighted by Gasteiger charge is 2.27. The van der Waals surface area contributed by atoms with Crippen molar-refractivity contribution >= 4 is 21.6 Å². The minimum atomic E-state index is -4.09. The van der Waals surface area contributed by atoms with E-state index in [0.717, 1.165) is 28.6 Å². The summed E-state index contributed by atoms with van der Waals surface area (Å²) in [5, 5.41) is 2.55. The molecule has 30 heavy (non-hydrogen) atoms. The van der Waals surface area contributed by atoms with Gasteiger partial charge in [-0.1, -0.05) is 36.4 Å². The molecule has 0 aliphatic carbocycles. The Morgan fingerprint density at radius 1 is 0.933 bits per heavy atom. The average molecular weight is 430 g/mol. The Hall–Kier alpha value is -3.10. The number of sulfonamides is 1. The van der Waals surface area contributed by atoms with Crippen molar-refractivity contribution in [3.63, 3.8) is 0 Å². The molecule has 0 aliphatic rings. The first-order chi connectivity index (χ1) is 14.3. The molecule has 1 amide bonds. The molecule has 8 heteroatoms. The van der Waals surface area contributed by atoms with Crippen LogP contribution in [-0.4, -0.2) is 25.2 Å². The molecule has 0 saturated carbocycles. The molecule has 3 aromatic carbocycles. The van der Waals surface area contributed by atoms with Gasteiger partial charge in [-0.05, 0) is 54.4 Å². The molecule has 0 aromatic heterocycles. The number of benzene rings is 3. The molecule has 0 atom stereocenters. The predicted octanol–water partition coefficient (Wildman–Crippen LogP) is 4.10. The maximum Gasteiger partial charge on any atom is 0.243 e. The third kappa shape index (κ3) is 5.28. The fraction of sp³-hybridized carbons (Fsp3) is 0.136. The van der Waals surface area contributed by atoms with Crippen LogP contribution in [0.3, 0.4) is 0 Å². The number of rotatable bonds is 7. The number of halogens is 2. The Morgan fingerprint density at radius 2 is 1.57 bits per heavy atom. The van der Waals surface area contributed by atoms with Crippen molar-refractivity contribution in [1.29, 1.82) is 0 Å². The molecule has 3 aromatic rings. The smallest absolute Gasteiger partial charge is 0.243 e. The second-order valence-electron chi connectivity index (χ2n) is 6.72. The lowest BCUT2D eigenvalue weighted by Crippen LogP contribution is -2.37. The molecular formula is C22H20F2N2O3S. The zero-order valence-corrected chi connectivity index (χ0v) is 17.0. The van der Waals surface area contributed by atoms with Crippen molar-refractivity contribution < 1.29 is 22.0 Å². The first kappa shape index (κ1) is 21.6. The van der Waals surface area contributed by atoms with Crippen LogP contribution in [0.25, 0.3) is 0 Å². The van der Waals surface area contributed by atoms with Gasteiger partial charge < -0.3 is 5.32 Å². The topological polar surface area (TPSA) is 66.5 Å². The number of carbonyl (C=O) groups excluding carboxylic acids is 1. The molecule has 3 rings (SSSR count). The van der Waals surface area contributed by atoms with Gasteiger partial charge in [-0.25, -0.2) is 17.2 Å². The van der Waals surface area contributed by atoms with E-state index in [9.17, 15) is 22.0 Å². The van der Waals surface area contributed by atoms with E-state index in [1.807, 2.05) is 0 Å². The average Bonchev–Trinajstić information content (AvgIpc) is 2.71. The molecule has 0 aliphatic heterocycles. The van der Waals surface area contributed by atoms with Crippen LogP contribution in [0.5, 0.6) is 0 Å². The minimum Gasteiger partial charge on any atom is -0.325 e. The number of carbonyl (C=O) groups is 1. The summed E-state index contributed by atoms with van der Waals surface area (Å²) in [5.41, 5.74) is 1.58. The van der Waals surface area contributed by atoms with Crippen LogP contribution in [0.4, 0.5) is 14.5 Å². The zero-order valence-electron chi connectivity index (χ0n) is 16.2. The minimum absolute atomic E-state index is 0.0594. The Bertz CT molecular complexity index is 1130. The van der Waals surface area contributed by atoms with Gasteiger partial charge in [0.25, 0.3) is 0 Å². The maximum absolute atomic E-state index is 13.5. The van der Waals surface area contributed by atoms with Crippen molar-refractivity contribution in [2.75, 3.05) is 11.9 Å². The van der Waals surface area contributed by atoms with E-state index in [1.165, 1.54) is 18.2 Å². The second kappa shape index (κ2) is 9.15. The van der Waals surface area contributed by atoms with Gasteiger partial charge in [0.2, 0.25) is 15.9 Å². The highest BCUT2D eigenvalue weighted by molar-refractivity contribution is 7.89. The number of amides is 1. The van der Waals surface area contributed by atoms with E-state index >= 15 is 0 Å². The van der Waals surface area contributed by atoms with Crippen molar-refractivity contribution in [2.24, 2.45) is 0 Å². The summed E-state index contributed by atoms with van der Waals surface area (Å²) in [4.78, 5) is 12.5. The van der Waals surface area contributed by atoms with Crippen LogP contribution < -0.4 is 5.32 Å². The third-order valence-electron chi connectivity index (χ3n) is 4.45. The van der Waals surface area contributed by atoms with Crippen molar-refractivity contribution in [3.8, 4) is 0 Å². The van der Waals surface area contributed by atoms with Crippen LogP contribution in [0.15, 0.2) is 77.7 Å². The summed E-state index contributed by atoms with van der Waals surface area (Å²) < 4.78 is 54.0. The predicted molar refractivity (Wildman–Crippen MR) is 110 cm³/mol. The van der Waals surface area contributed by atoms with E-state index in [2.05, 4.69) is 5.32 Å². The highest BCUT2D eigenvalue weighted by Crippen LogP contribution is 2.20. The summed E-state index contributed by atoms with van der Waals surface area (Å²) >= 11 is 0. The Kier molecular flexibility index (Phi) is 6.59. The van der Waals surface area contributed by atoms with Gasteiger partial charge in [0.05, 0.1) is 11.4 Å². The largest absolute Gasteiger partial charge is 0.325 e. The van der Waals surface area contributed by atoms with Crippen LogP contribution in [0.2, 0.25) is 0 Å². The van der Waals surface area contributed by atoms with E-state index in [4.69, 9.17) is 0 Å². The zero-order chi connectivity index (χ0) is 21.7. The molecule has 5 nitrogen and oxygen atoms in total. The number of hydrogen-bond donors (Lipinski definition) is 1. The molecular weight excluding hydrogens is 410 g/mol. The van der Waals surface area contributed by atoms with E-state index < -0.39 is 34.1 Å². The van der Waals surface area contributed by atoms with E-state index in [-0.39, 0.29) is 17.1 Å². The summed E-state index contributed by atoms with van der Waals surface area (Å²) in [6, 6.07) is 17.1. The Morgan fingerprint density at radius 3 is 2.23 bits per heavy atom. The fourth-order valence-corrected chi connectivity index (χ4v) is 4.23. The van der Waals surface area contributed by atoms with Crippen LogP contribution in [-0.2, 0) is 21.4 Å². The fourth-order valence-electron chi connectivity index (χ4n) is 2.85. The van der Waals surface area contributed by atoms with Gasteiger partial charge in [0.1, 0.15) is 11.6 Å². The van der Waals surface area contributed by atoms with Crippen LogP contribution in [0, 0.1) is 18.6 Å². The quantitative estimate of drug-likeness (QED) is 0.614. The lowest BCUT2D eigenvalue weighted by Gasteiger charge is -2.22. The normalized spacial score (nSPS) is 11.5. The Labute approximate surface area is 174 Å². The number of anilines is 1. The van der Waals surface area contributed by atoms with Gasteiger partial charge in [-0.2, -0.15) is 4.31 Å². The lowest BCUT2D eigenvalue weighted by atomic mass is 10.2. The molecule has 1 N–H and O–H groups in total. The van der Waals surface area contributed by atoms with Crippen LogP contribution >= 0.6 is 0 Å². The van der Waals surface area contributed by atoms with Gasteiger partial charge in [0, 0.05) is 12.2 Å². The van der Waals surface area contributed by atoms with Crippen molar-refractivity contribution in [1.82, 2.24) is 4.31 Å². The lowest BCUT2D eigenvalue weighted by molar-refractivity contribution is -0.116. The van der Waals surface area contributed by atoms with Crippen LogP contribution in [0.1, 0.15) is 11.1 Å². The van der Waals surface area contributed by atoms with E-state index in [1.54, 1.807) is 37.3 Å². The third-order valence-corrected chi connectivity index (χ3v) is 6.25. The summed E-state index contributed by atoms with van der Waals surface area (Å²) in [5.74, 6) is -1.70. The molecule has 0 unspecified atom stereocenters. The second-order valence-corrected chi connectivity index (χ2v) is 8.66. The van der Waals surface area contributed by atoms with Gasteiger partial charge >= 0.3 is 0 Å². The molecule has 156 valence electrons. The standard InChI is InChI=1S/C22H20F2N2O3S/c1-16-7-8-19(24)13-21(16)25-22(27)15-26(14-17-5-3-2-4-6-17)30(28,29)20-11-9-18(23)10-12-20/h2-13H,14-15H2,1H3,(H,25,27). The maximum atomic E-state index is 13.5. The molecule has 0 radical (unpaired) electrons. The van der Waals surface area contributed by atoms with E-state index in [0.29, 0.717) is 11.1 Å². The van der Waals surface area contributed by atoms with Crippen molar-refractivity contribution in [2.45, 2.75) is 18.4 Å². The molecule has 0 saturated heterocycles. The highest BCUT2D eigenvalue weighted by atomic mass is 32.2. The van der Waals surface area contributed by atoms with Crippen molar-refractivity contribution in [3.05, 3.63) is 95.6 Å². The summed E-state index contributed by atoms with van der Waals surface area (Å²) in [7, 11) is -4.09. The number of hydrogen-bond acceptors (Lipinski definition) is 3. The molecule has 0 heterocycles. The molecule has 0 spiro atoms. The number of nitrogens with one attached hydrogen (secondary N) is 1. The molecule has 0 bridgehead atoms. The first-order valence-corrected chi connectivity index (χ1v) is 10.6.